The van der Waals surface area contributed by atoms with Crippen LogP contribution >= 0.6 is 0 Å². The van der Waals surface area contributed by atoms with Gasteiger partial charge in [0.05, 0.1) is 24.5 Å². The molecule has 1 heterocycles. The highest BCUT2D eigenvalue weighted by Gasteiger charge is 2.53. The number of alkyl halides is 3. The van der Waals surface area contributed by atoms with Crippen molar-refractivity contribution < 1.29 is 37.4 Å². The number of aliphatic carboxylic acids is 1. The number of anilines is 1. The minimum Gasteiger partial charge on any atom is -0.481 e. The number of ether oxygens (including phenoxy) is 1. The van der Waals surface area contributed by atoms with Gasteiger partial charge in [-0.25, -0.2) is 9.59 Å². The quantitative estimate of drug-likeness (QED) is 0.806. The zero-order valence-corrected chi connectivity index (χ0v) is 13.0. The Hall–Kier alpha value is -2.78. The van der Waals surface area contributed by atoms with Gasteiger partial charge in [-0.2, -0.15) is 13.2 Å². The molecular weight excluding hydrogens is 345 g/mol. The van der Waals surface area contributed by atoms with Crippen LogP contribution in [0.25, 0.3) is 0 Å². The Morgan fingerprint density at radius 3 is 2.48 bits per heavy atom. The number of halogens is 3. The van der Waals surface area contributed by atoms with Crippen molar-refractivity contribution in [2.75, 3.05) is 25.5 Å². The van der Waals surface area contributed by atoms with Crippen molar-refractivity contribution >= 4 is 23.7 Å². The van der Waals surface area contributed by atoms with Crippen LogP contribution in [0.3, 0.4) is 0 Å². The fourth-order valence-corrected chi connectivity index (χ4v) is 2.60. The molecule has 0 aliphatic carbocycles. The van der Waals surface area contributed by atoms with Crippen molar-refractivity contribution in [2.45, 2.75) is 6.18 Å². The van der Waals surface area contributed by atoms with Gasteiger partial charge in [0, 0.05) is 18.8 Å². The summed E-state index contributed by atoms with van der Waals surface area (Å²) >= 11 is 0. The van der Waals surface area contributed by atoms with Crippen LogP contribution in [0.2, 0.25) is 0 Å². The molecule has 2 rings (SSSR count). The molecule has 1 saturated heterocycles. The van der Waals surface area contributed by atoms with E-state index in [1.807, 2.05) is 0 Å². The van der Waals surface area contributed by atoms with Crippen molar-refractivity contribution in [1.82, 2.24) is 4.90 Å². The Kier molecular flexibility index (Phi) is 5.19. The number of carbonyl (C=O) groups excluding carboxylic acids is 2. The van der Waals surface area contributed by atoms with Crippen LogP contribution in [0, 0.1) is 11.8 Å². The third-order valence-corrected chi connectivity index (χ3v) is 3.88. The number of carboxylic acids is 1. The van der Waals surface area contributed by atoms with Gasteiger partial charge < -0.3 is 20.1 Å². The minimum absolute atomic E-state index is 0.151. The van der Waals surface area contributed by atoms with Gasteiger partial charge in [-0.05, 0) is 18.2 Å². The average molecular weight is 360 g/mol. The molecule has 0 radical (unpaired) electrons. The van der Waals surface area contributed by atoms with Crippen LogP contribution in [-0.4, -0.2) is 54.4 Å². The van der Waals surface area contributed by atoms with Gasteiger partial charge in [-0.3, -0.25) is 4.79 Å². The Labute approximate surface area is 140 Å². The zero-order chi connectivity index (χ0) is 18.8. The zero-order valence-electron chi connectivity index (χ0n) is 13.0. The second-order valence-electron chi connectivity index (χ2n) is 5.50. The van der Waals surface area contributed by atoms with Crippen molar-refractivity contribution in [3.05, 3.63) is 29.8 Å². The van der Waals surface area contributed by atoms with E-state index in [9.17, 15) is 27.6 Å². The van der Waals surface area contributed by atoms with Crippen LogP contribution in [-0.2, 0) is 9.53 Å². The molecule has 0 unspecified atom stereocenters. The number of hydrogen-bond donors (Lipinski definition) is 2. The number of carboxylic acid groups (broad SMARTS) is 1. The van der Waals surface area contributed by atoms with E-state index in [0.717, 1.165) is 4.90 Å². The summed E-state index contributed by atoms with van der Waals surface area (Å²) in [6.07, 6.45) is -4.72. The van der Waals surface area contributed by atoms with Crippen LogP contribution in [0.1, 0.15) is 10.4 Å². The summed E-state index contributed by atoms with van der Waals surface area (Å²) in [4.78, 5) is 35.4. The van der Waals surface area contributed by atoms with E-state index in [2.05, 4.69) is 10.1 Å². The number of nitrogens with one attached hydrogen (secondary N) is 1. The SMILES string of the molecule is COC(=O)c1cccc(NC(=O)N2C[C@@H](C(F)(F)F)[C@H](C(=O)O)C2)c1. The second kappa shape index (κ2) is 6.99. The first kappa shape index (κ1) is 18.6. The van der Waals surface area contributed by atoms with E-state index < -0.39 is 49.1 Å². The van der Waals surface area contributed by atoms with E-state index in [1.54, 1.807) is 0 Å². The minimum atomic E-state index is -4.72. The topological polar surface area (TPSA) is 95.9 Å². The highest BCUT2D eigenvalue weighted by Crippen LogP contribution is 2.37. The lowest BCUT2D eigenvalue weighted by atomic mass is 9.96. The maximum atomic E-state index is 12.9. The van der Waals surface area contributed by atoms with Gasteiger partial charge in [0.1, 0.15) is 0 Å². The molecule has 1 aromatic carbocycles. The maximum absolute atomic E-state index is 12.9. The molecule has 0 bridgehead atoms. The fourth-order valence-electron chi connectivity index (χ4n) is 2.60. The van der Waals surface area contributed by atoms with E-state index in [1.165, 1.54) is 31.4 Å². The largest absolute Gasteiger partial charge is 0.481 e. The summed E-state index contributed by atoms with van der Waals surface area (Å²) in [5.41, 5.74) is 0.327. The maximum Gasteiger partial charge on any atom is 0.394 e. The Morgan fingerprint density at radius 2 is 1.96 bits per heavy atom. The Bertz CT molecular complexity index is 692. The summed E-state index contributed by atoms with van der Waals surface area (Å²) in [6.45, 7) is -1.30. The van der Waals surface area contributed by atoms with Crippen molar-refractivity contribution in [1.29, 1.82) is 0 Å². The highest BCUT2D eigenvalue weighted by molar-refractivity contribution is 5.94. The van der Waals surface area contributed by atoms with Crippen LogP contribution in [0.15, 0.2) is 24.3 Å². The normalized spacial score (nSPS) is 20.2. The number of methoxy groups -OCH3 is 1. The molecule has 10 heteroatoms. The lowest BCUT2D eigenvalue weighted by molar-refractivity contribution is -0.187. The van der Waals surface area contributed by atoms with E-state index >= 15 is 0 Å². The third kappa shape index (κ3) is 4.20. The number of nitrogens with zero attached hydrogens (tertiary/aromatic N) is 1. The van der Waals surface area contributed by atoms with Gasteiger partial charge in [-0.15, -0.1) is 0 Å². The molecule has 0 spiro atoms. The number of rotatable bonds is 3. The Balaban J connectivity index is 2.11. The molecule has 2 amide bonds. The number of esters is 1. The van der Waals surface area contributed by atoms with E-state index in [4.69, 9.17) is 5.11 Å². The van der Waals surface area contributed by atoms with Crippen LogP contribution in [0.4, 0.5) is 23.7 Å². The molecule has 0 saturated carbocycles. The number of carbonyl (C=O) groups is 3. The number of benzene rings is 1. The van der Waals surface area contributed by atoms with Crippen molar-refractivity contribution in [2.24, 2.45) is 11.8 Å². The molecular formula is C15H15F3N2O5. The standard InChI is InChI=1S/C15H15F3N2O5/c1-25-13(23)8-3-2-4-9(5-8)19-14(24)20-6-10(12(21)22)11(7-20)15(16,17)18/h2-5,10-11H,6-7H2,1H3,(H,19,24)(H,21,22)/t10-,11-/m1/s1. The van der Waals surface area contributed by atoms with Gasteiger partial charge in [-0.1, -0.05) is 6.07 Å². The first-order valence-corrected chi connectivity index (χ1v) is 7.17. The third-order valence-electron chi connectivity index (χ3n) is 3.88. The molecule has 0 aromatic heterocycles. The molecule has 1 fully saturated rings. The predicted octanol–water partition coefficient (Wildman–Crippen LogP) is 2.20. The number of hydrogen-bond acceptors (Lipinski definition) is 4. The Morgan fingerprint density at radius 1 is 1.28 bits per heavy atom. The van der Waals surface area contributed by atoms with Gasteiger partial charge in [0.15, 0.2) is 0 Å². The summed E-state index contributed by atoms with van der Waals surface area (Å²) in [7, 11) is 1.18. The molecule has 1 aliphatic heterocycles. The lowest BCUT2D eigenvalue weighted by Gasteiger charge is -2.18. The smallest absolute Gasteiger partial charge is 0.394 e. The summed E-state index contributed by atoms with van der Waals surface area (Å²) in [5, 5.41) is 11.3. The van der Waals surface area contributed by atoms with E-state index in [0.29, 0.717) is 0 Å². The predicted molar refractivity (Wildman–Crippen MR) is 79.0 cm³/mol. The summed E-state index contributed by atoms with van der Waals surface area (Å²) in [5.74, 6) is -6.09. The van der Waals surface area contributed by atoms with Crippen molar-refractivity contribution in [3.8, 4) is 0 Å². The van der Waals surface area contributed by atoms with Gasteiger partial charge >= 0.3 is 24.1 Å². The molecule has 25 heavy (non-hydrogen) atoms. The molecule has 7 nitrogen and oxygen atoms in total. The second-order valence-corrected chi connectivity index (χ2v) is 5.50. The fraction of sp³-hybridized carbons (Fsp3) is 0.400. The molecule has 1 aromatic rings. The van der Waals surface area contributed by atoms with Gasteiger partial charge in [0.25, 0.3) is 0 Å². The van der Waals surface area contributed by atoms with Gasteiger partial charge in [0.2, 0.25) is 0 Å². The lowest BCUT2D eigenvalue weighted by Crippen LogP contribution is -2.35. The number of likely N-dealkylation sites (tertiary alicyclic amines) is 1. The summed E-state index contributed by atoms with van der Waals surface area (Å²) in [6, 6.07) is 4.77. The van der Waals surface area contributed by atoms with Crippen LogP contribution < -0.4 is 5.32 Å². The average Bonchev–Trinajstić information content (AvgIpc) is 3.00. The molecule has 136 valence electrons. The number of amides is 2. The number of urea groups is 1. The van der Waals surface area contributed by atoms with E-state index in [-0.39, 0.29) is 11.3 Å². The van der Waals surface area contributed by atoms with Crippen molar-refractivity contribution in [3.63, 3.8) is 0 Å². The highest BCUT2D eigenvalue weighted by atomic mass is 19.4. The first-order chi connectivity index (χ1) is 11.6. The molecule has 2 N–H and O–H groups in total. The first-order valence-electron chi connectivity index (χ1n) is 7.17. The van der Waals surface area contributed by atoms with Crippen LogP contribution in [0.5, 0.6) is 0 Å². The monoisotopic (exact) mass is 360 g/mol. The summed E-state index contributed by atoms with van der Waals surface area (Å²) < 4.78 is 43.4. The molecule has 2 atom stereocenters. The molecule has 1 aliphatic rings.